The third-order valence-electron chi connectivity index (χ3n) is 5.77. The van der Waals surface area contributed by atoms with Gasteiger partial charge < -0.3 is 16.2 Å². The van der Waals surface area contributed by atoms with Gasteiger partial charge in [-0.05, 0) is 41.8 Å². The minimum absolute atomic E-state index is 0.0416. The van der Waals surface area contributed by atoms with E-state index in [9.17, 15) is 14.3 Å². The Morgan fingerprint density at radius 3 is 2.68 bits per heavy atom. The van der Waals surface area contributed by atoms with Crippen LogP contribution in [0.3, 0.4) is 0 Å². The number of carbonyl (C=O) groups is 1. The van der Waals surface area contributed by atoms with Gasteiger partial charge in [0.15, 0.2) is 11.5 Å². The molecule has 3 aromatic heterocycles. The van der Waals surface area contributed by atoms with Crippen LogP contribution >= 0.6 is 0 Å². The first-order chi connectivity index (χ1) is 17.9. The third-order valence-corrected chi connectivity index (χ3v) is 5.77. The molecule has 0 bridgehead atoms. The predicted molar refractivity (Wildman–Crippen MR) is 135 cm³/mol. The zero-order valence-electron chi connectivity index (χ0n) is 19.9. The maximum Gasteiger partial charge on any atom is 0.229 e. The largest absolute Gasteiger partial charge is 0.508 e. The van der Waals surface area contributed by atoms with Crippen LogP contribution in [-0.2, 0) is 24.1 Å². The van der Waals surface area contributed by atoms with Crippen molar-refractivity contribution in [3.05, 3.63) is 89.3 Å². The minimum Gasteiger partial charge on any atom is -0.508 e. The first kappa shape index (κ1) is 23.8. The van der Waals surface area contributed by atoms with Crippen molar-refractivity contribution in [3.8, 4) is 17.3 Å². The molecule has 4 N–H and O–H groups in total. The SMILES string of the molecule is CCc1c(N)nc(-c2cn3ncnc3c(Cc3cccc(O)c3)n2)nc1NC(=O)Cc1ccc(F)cc1. The summed E-state index contributed by atoms with van der Waals surface area (Å²) in [5, 5.41) is 16.9. The van der Waals surface area contributed by atoms with E-state index in [1.807, 2.05) is 13.0 Å². The second kappa shape index (κ2) is 9.97. The van der Waals surface area contributed by atoms with Gasteiger partial charge in [0.05, 0.1) is 18.3 Å². The van der Waals surface area contributed by atoms with E-state index in [-0.39, 0.29) is 41.4 Å². The van der Waals surface area contributed by atoms with Gasteiger partial charge in [-0.3, -0.25) is 4.79 Å². The lowest BCUT2D eigenvalue weighted by Crippen LogP contribution is -2.18. The fourth-order valence-corrected chi connectivity index (χ4v) is 4.01. The molecule has 0 saturated heterocycles. The number of phenols is 1. The van der Waals surface area contributed by atoms with Crippen molar-refractivity contribution in [1.29, 1.82) is 0 Å². The number of fused-ring (bicyclic) bond motifs is 1. The van der Waals surface area contributed by atoms with Gasteiger partial charge in [0.1, 0.15) is 35.2 Å². The standard InChI is InChI=1S/C26H23FN8O2/c1-2-19-23(28)33-25(34-24(19)32-22(37)12-15-6-8-17(27)9-7-15)21-13-35-26(29-14-30-35)20(31-21)11-16-4-3-5-18(36)10-16/h3-10,13-14,36H,2,11-12H2,1H3,(H3,28,32,33,34,37). The summed E-state index contributed by atoms with van der Waals surface area (Å²) in [7, 11) is 0. The molecule has 186 valence electrons. The number of nitrogens with two attached hydrogens (primary N) is 1. The molecule has 10 nitrogen and oxygen atoms in total. The third kappa shape index (κ3) is 5.20. The average Bonchev–Trinajstić information content (AvgIpc) is 3.34. The number of aromatic nitrogens is 6. The molecule has 1 amide bonds. The van der Waals surface area contributed by atoms with Gasteiger partial charge in [-0.25, -0.2) is 28.8 Å². The summed E-state index contributed by atoms with van der Waals surface area (Å²) in [6.45, 7) is 1.89. The van der Waals surface area contributed by atoms with Crippen LogP contribution in [0, 0.1) is 5.82 Å². The number of nitrogens with one attached hydrogen (secondary N) is 1. The number of rotatable bonds is 7. The van der Waals surface area contributed by atoms with E-state index in [1.165, 1.54) is 18.5 Å². The summed E-state index contributed by atoms with van der Waals surface area (Å²) in [5.74, 6) is 0.173. The van der Waals surface area contributed by atoms with E-state index < -0.39 is 0 Å². The van der Waals surface area contributed by atoms with Gasteiger partial charge in [0.25, 0.3) is 0 Å². The van der Waals surface area contributed by atoms with Crippen molar-refractivity contribution >= 4 is 23.2 Å². The van der Waals surface area contributed by atoms with E-state index >= 15 is 0 Å². The van der Waals surface area contributed by atoms with E-state index in [0.29, 0.717) is 41.0 Å². The highest BCUT2D eigenvalue weighted by atomic mass is 19.1. The summed E-state index contributed by atoms with van der Waals surface area (Å²) in [6.07, 6.45) is 3.98. The van der Waals surface area contributed by atoms with Gasteiger partial charge in [0, 0.05) is 12.0 Å². The normalized spacial score (nSPS) is 11.1. The van der Waals surface area contributed by atoms with Crippen LogP contribution in [0.5, 0.6) is 5.75 Å². The van der Waals surface area contributed by atoms with Crippen molar-refractivity contribution in [2.75, 3.05) is 11.1 Å². The van der Waals surface area contributed by atoms with Crippen molar-refractivity contribution in [2.45, 2.75) is 26.2 Å². The molecule has 0 aliphatic carbocycles. The maximum atomic E-state index is 13.2. The number of hydrogen-bond donors (Lipinski definition) is 3. The minimum atomic E-state index is -0.370. The van der Waals surface area contributed by atoms with Gasteiger partial charge in [-0.1, -0.05) is 31.2 Å². The lowest BCUT2D eigenvalue weighted by molar-refractivity contribution is -0.115. The lowest BCUT2D eigenvalue weighted by Gasteiger charge is -2.13. The highest BCUT2D eigenvalue weighted by molar-refractivity contribution is 5.92. The Balaban J connectivity index is 1.50. The average molecular weight is 499 g/mol. The van der Waals surface area contributed by atoms with E-state index in [2.05, 4.69) is 25.4 Å². The van der Waals surface area contributed by atoms with Gasteiger partial charge in [-0.15, -0.1) is 0 Å². The number of aromatic hydroxyl groups is 1. The van der Waals surface area contributed by atoms with Gasteiger partial charge in [-0.2, -0.15) is 5.10 Å². The molecule has 11 heteroatoms. The molecule has 0 aliphatic heterocycles. The molecule has 3 heterocycles. The fraction of sp³-hybridized carbons (Fsp3) is 0.154. The summed E-state index contributed by atoms with van der Waals surface area (Å²) >= 11 is 0. The van der Waals surface area contributed by atoms with E-state index in [4.69, 9.17) is 10.7 Å². The Labute approximate surface area is 211 Å². The molecule has 0 spiro atoms. The molecule has 0 atom stereocenters. The first-order valence-corrected chi connectivity index (χ1v) is 11.6. The molecule has 37 heavy (non-hydrogen) atoms. The molecule has 5 aromatic rings. The number of hydrogen-bond acceptors (Lipinski definition) is 8. The zero-order valence-corrected chi connectivity index (χ0v) is 19.9. The highest BCUT2D eigenvalue weighted by Gasteiger charge is 2.18. The van der Waals surface area contributed by atoms with Crippen molar-refractivity contribution in [3.63, 3.8) is 0 Å². The monoisotopic (exact) mass is 498 g/mol. The second-order valence-corrected chi connectivity index (χ2v) is 8.41. The molecule has 0 unspecified atom stereocenters. The molecule has 5 rings (SSSR count). The number of anilines is 2. The summed E-state index contributed by atoms with van der Waals surface area (Å²) in [5.41, 5.74) is 9.89. The van der Waals surface area contributed by atoms with E-state index in [1.54, 1.807) is 41.0 Å². The quantitative estimate of drug-likeness (QED) is 0.310. The highest BCUT2D eigenvalue weighted by Crippen LogP contribution is 2.25. The lowest BCUT2D eigenvalue weighted by atomic mass is 10.1. The fourth-order valence-electron chi connectivity index (χ4n) is 4.01. The summed E-state index contributed by atoms with van der Waals surface area (Å²) in [4.78, 5) is 30.8. The Morgan fingerprint density at radius 1 is 1.11 bits per heavy atom. The Hall–Kier alpha value is -4.93. The van der Waals surface area contributed by atoms with Crippen molar-refractivity contribution in [2.24, 2.45) is 0 Å². The Kier molecular flexibility index (Phi) is 6.42. The smallest absolute Gasteiger partial charge is 0.229 e. The van der Waals surface area contributed by atoms with Gasteiger partial charge >= 0.3 is 0 Å². The number of benzene rings is 2. The second-order valence-electron chi connectivity index (χ2n) is 8.41. The number of nitrogen functional groups attached to an aromatic ring is 1. The molecular weight excluding hydrogens is 475 g/mol. The number of phenolic OH excluding ortho intramolecular Hbond substituents is 1. The van der Waals surface area contributed by atoms with Crippen LogP contribution in [0.15, 0.2) is 61.1 Å². The number of halogens is 1. The molecule has 0 fully saturated rings. The molecular formula is C26H23FN8O2. The molecule has 0 radical (unpaired) electrons. The van der Waals surface area contributed by atoms with Crippen molar-refractivity contribution in [1.82, 2.24) is 29.5 Å². The number of nitrogens with zero attached hydrogens (tertiary/aromatic N) is 6. The number of carbonyl (C=O) groups excluding carboxylic acids is 1. The maximum absolute atomic E-state index is 13.2. The van der Waals surface area contributed by atoms with Crippen LogP contribution in [0.25, 0.3) is 17.2 Å². The van der Waals surface area contributed by atoms with Crippen LogP contribution in [-0.4, -0.2) is 40.6 Å². The molecule has 2 aromatic carbocycles. The first-order valence-electron chi connectivity index (χ1n) is 11.6. The number of amides is 1. The molecule has 0 aliphatic rings. The van der Waals surface area contributed by atoms with Gasteiger partial charge in [0.2, 0.25) is 5.91 Å². The van der Waals surface area contributed by atoms with Crippen LogP contribution in [0.2, 0.25) is 0 Å². The summed E-state index contributed by atoms with van der Waals surface area (Å²) in [6, 6.07) is 12.6. The van der Waals surface area contributed by atoms with Crippen LogP contribution < -0.4 is 11.1 Å². The van der Waals surface area contributed by atoms with E-state index in [0.717, 1.165) is 5.56 Å². The Bertz CT molecular complexity index is 1600. The molecule has 0 saturated carbocycles. The van der Waals surface area contributed by atoms with Crippen LogP contribution in [0.4, 0.5) is 16.0 Å². The zero-order chi connectivity index (χ0) is 25.9. The topological polar surface area (TPSA) is 144 Å². The van der Waals surface area contributed by atoms with Crippen LogP contribution in [0.1, 0.15) is 29.3 Å². The summed E-state index contributed by atoms with van der Waals surface area (Å²) < 4.78 is 14.8. The Morgan fingerprint density at radius 2 is 1.92 bits per heavy atom. The van der Waals surface area contributed by atoms with Crippen molar-refractivity contribution < 1.29 is 14.3 Å². The predicted octanol–water partition coefficient (Wildman–Crippen LogP) is 3.34.